The number of rotatable bonds is 4. The van der Waals surface area contributed by atoms with E-state index in [2.05, 4.69) is 15.6 Å². The van der Waals surface area contributed by atoms with Crippen LogP contribution in [0.15, 0.2) is 27.6 Å². The predicted molar refractivity (Wildman–Crippen MR) is 119 cm³/mol. The van der Waals surface area contributed by atoms with Crippen molar-refractivity contribution in [1.82, 2.24) is 15.5 Å². The SMILES string of the molecule is CN=C(NCc1oc2ccc(F)cc2c1C)NC1CCN(C(=O)C(C)C)C1.I. The van der Waals surface area contributed by atoms with Crippen molar-refractivity contribution in [2.45, 2.75) is 39.8 Å². The molecular formula is C20H28FIN4O2. The molecule has 0 bridgehead atoms. The molecule has 1 aliphatic heterocycles. The summed E-state index contributed by atoms with van der Waals surface area (Å²) in [4.78, 5) is 18.3. The Bertz CT molecular complexity index is 865. The summed E-state index contributed by atoms with van der Waals surface area (Å²) in [6, 6.07) is 4.70. The van der Waals surface area contributed by atoms with Gasteiger partial charge in [0.25, 0.3) is 0 Å². The lowest BCUT2D eigenvalue weighted by molar-refractivity contribution is -0.133. The summed E-state index contributed by atoms with van der Waals surface area (Å²) in [5, 5.41) is 7.39. The lowest BCUT2D eigenvalue weighted by atomic mass is 10.1. The Morgan fingerprint density at radius 3 is 2.86 bits per heavy atom. The van der Waals surface area contributed by atoms with Gasteiger partial charge in [-0.05, 0) is 31.5 Å². The van der Waals surface area contributed by atoms with Crippen LogP contribution in [0.1, 0.15) is 31.6 Å². The third kappa shape index (κ3) is 4.95. The minimum Gasteiger partial charge on any atom is -0.459 e. The van der Waals surface area contributed by atoms with Crippen molar-refractivity contribution in [3.8, 4) is 0 Å². The quantitative estimate of drug-likeness (QED) is 0.382. The summed E-state index contributed by atoms with van der Waals surface area (Å²) in [5.74, 6) is 1.34. The topological polar surface area (TPSA) is 69.9 Å². The van der Waals surface area contributed by atoms with Crippen molar-refractivity contribution in [1.29, 1.82) is 0 Å². The van der Waals surface area contributed by atoms with Gasteiger partial charge in [-0.2, -0.15) is 0 Å². The lowest BCUT2D eigenvalue weighted by Crippen LogP contribution is -2.45. The van der Waals surface area contributed by atoms with Crippen LogP contribution < -0.4 is 10.6 Å². The monoisotopic (exact) mass is 502 g/mol. The Hall–Kier alpha value is -1.84. The highest BCUT2D eigenvalue weighted by atomic mass is 127. The largest absolute Gasteiger partial charge is 0.459 e. The molecule has 1 saturated heterocycles. The first-order valence-corrected chi connectivity index (χ1v) is 9.32. The summed E-state index contributed by atoms with van der Waals surface area (Å²) in [5.41, 5.74) is 1.59. The normalized spacial score (nSPS) is 17.1. The van der Waals surface area contributed by atoms with Crippen molar-refractivity contribution < 1.29 is 13.6 Å². The molecular weight excluding hydrogens is 474 g/mol. The van der Waals surface area contributed by atoms with Crippen LogP contribution >= 0.6 is 24.0 Å². The third-order valence-corrected chi connectivity index (χ3v) is 4.97. The van der Waals surface area contributed by atoms with Gasteiger partial charge in [0.05, 0.1) is 6.54 Å². The summed E-state index contributed by atoms with van der Waals surface area (Å²) >= 11 is 0. The standard InChI is InChI=1S/C20H27FN4O2.HI/c1-12(2)19(26)25-8-7-15(11-25)24-20(22-4)23-10-18-13(3)16-9-14(21)5-6-17(16)27-18;/h5-6,9,12,15H,7-8,10-11H2,1-4H3,(H2,22,23,24);1H. The van der Waals surface area contributed by atoms with E-state index < -0.39 is 0 Å². The van der Waals surface area contributed by atoms with Gasteiger partial charge in [0.1, 0.15) is 17.2 Å². The second-order valence-electron chi connectivity index (χ2n) is 7.29. The Balaban J connectivity index is 0.00000280. The molecule has 1 unspecified atom stereocenters. The zero-order chi connectivity index (χ0) is 19.6. The molecule has 1 fully saturated rings. The Labute approximate surface area is 182 Å². The van der Waals surface area contributed by atoms with Gasteiger partial charge in [0.15, 0.2) is 5.96 Å². The van der Waals surface area contributed by atoms with Crippen molar-refractivity contribution in [3.05, 3.63) is 35.3 Å². The van der Waals surface area contributed by atoms with E-state index in [1.54, 1.807) is 13.1 Å². The summed E-state index contributed by atoms with van der Waals surface area (Å²) < 4.78 is 19.3. The number of likely N-dealkylation sites (tertiary alicyclic amines) is 1. The molecule has 8 heteroatoms. The van der Waals surface area contributed by atoms with Crippen LogP contribution in [-0.4, -0.2) is 42.9 Å². The van der Waals surface area contributed by atoms with E-state index in [9.17, 15) is 9.18 Å². The zero-order valence-corrected chi connectivity index (χ0v) is 19.0. The number of hydrogen-bond donors (Lipinski definition) is 2. The molecule has 6 nitrogen and oxygen atoms in total. The van der Waals surface area contributed by atoms with Gasteiger partial charge < -0.3 is 20.0 Å². The van der Waals surface area contributed by atoms with E-state index in [0.29, 0.717) is 24.6 Å². The third-order valence-electron chi connectivity index (χ3n) is 4.97. The van der Waals surface area contributed by atoms with Crippen LogP contribution in [0.3, 0.4) is 0 Å². The first kappa shape index (κ1) is 22.4. The number of carbonyl (C=O) groups excluding carboxylic acids is 1. The van der Waals surface area contributed by atoms with Crippen LogP contribution in [0.5, 0.6) is 0 Å². The van der Waals surface area contributed by atoms with E-state index in [4.69, 9.17) is 4.42 Å². The minimum atomic E-state index is -0.273. The Kier molecular flexibility index (Phi) is 7.68. The highest BCUT2D eigenvalue weighted by Gasteiger charge is 2.28. The number of nitrogens with zero attached hydrogens (tertiary/aromatic N) is 2. The smallest absolute Gasteiger partial charge is 0.225 e. The minimum absolute atomic E-state index is 0. The van der Waals surface area contributed by atoms with Gasteiger partial charge >= 0.3 is 0 Å². The van der Waals surface area contributed by atoms with Crippen LogP contribution in [0.25, 0.3) is 11.0 Å². The van der Waals surface area contributed by atoms with Crippen molar-refractivity contribution in [3.63, 3.8) is 0 Å². The molecule has 2 heterocycles. The molecule has 0 radical (unpaired) electrons. The molecule has 1 aromatic heterocycles. The maximum absolute atomic E-state index is 13.4. The number of guanidine groups is 1. The molecule has 2 aromatic rings. The molecule has 1 aliphatic rings. The first-order valence-electron chi connectivity index (χ1n) is 9.32. The van der Waals surface area contributed by atoms with Crippen LogP contribution in [-0.2, 0) is 11.3 Å². The zero-order valence-electron chi connectivity index (χ0n) is 16.7. The number of benzene rings is 1. The summed E-state index contributed by atoms with van der Waals surface area (Å²) in [7, 11) is 1.71. The average molecular weight is 502 g/mol. The maximum Gasteiger partial charge on any atom is 0.225 e. The number of aryl methyl sites for hydroxylation is 1. The van der Waals surface area contributed by atoms with Gasteiger partial charge in [0.2, 0.25) is 5.91 Å². The molecule has 1 aromatic carbocycles. The molecule has 0 saturated carbocycles. The van der Waals surface area contributed by atoms with E-state index in [-0.39, 0.29) is 47.7 Å². The first-order chi connectivity index (χ1) is 12.9. The molecule has 0 spiro atoms. The average Bonchev–Trinajstić information content (AvgIpc) is 3.23. The van der Waals surface area contributed by atoms with Gasteiger partial charge in [0, 0.05) is 43.0 Å². The van der Waals surface area contributed by atoms with Crippen molar-refractivity contribution >= 4 is 46.8 Å². The number of nitrogens with one attached hydrogen (secondary N) is 2. The highest BCUT2D eigenvalue weighted by molar-refractivity contribution is 14.0. The second kappa shape index (κ2) is 9.58. The van der Waals surface area contributed by atoms with Crippen molar-refractivity contribution in [2.75, 3.05) is 20.1 Å². The molecule has 1 amide bonds. The Morgan fingerprint density at radius 2 is 2.18 bits per heavy atom. The highest BCUT2D eigenvalue weighted by Crippen LogP contribution is 2.25. The number of halogens is 2. The van der Waals surface area contributed by atoms with Crippen LogP contribution in [0, 0.1) is 18.7 Å². The van der Waals surface area contributed by atoms with Gasteiger partial charge in [-0.15, -0.1) is 24.0 Å². The number of furan rings is 1. The number of hydrogen-bond acceptors (Lipinski definition) is 3. The molecule has 28 heavy (non-hydrogen) atoms. The molecule has 2 N–H and O–H groups in total. The summed E-state index contributed by atoms with van der Waals surface area (Å²) in [6.45, 7) is 7.66. The van der Waals surface area contributed by atoms with Crippen LogP contribution in [0.2, 0.25) is 0 Å². The molecule has 3 rings (SSSR count). The van der Waals surface area contributed by atoms with Crippen molar-refractivity contribution in [2.24, 2.45) is 10.9 Å². The Morgan fingerprint density at radius 1 is 1.43 bits per heavy atom. The second-order valence-corrected chi connectivity index (χ2v) is 7.29. The number of amides is 1. The maximum atomic E-state index is 13.4. The summed E-state index contributed by atoms with van der Waals surface area (Å²) in [6.07, 6.45) is 0.891. The van der Waals surface area contributed by atoms with E-state index in [0.717, 1.165) is 29.7 Å². The molecule has 154 valence electrons. The van der Waals surface area contributed by atoms with E-state index >= 15 is 0 Å². The van der Waals surface area contributed by atoms with Crippen LogP contribution in [0.4, 0.5) is 4.39 Å². The van der Waals surface area contributed by atoms with E-state index in [1.165, 1.54) is 12.1 Å². The fourth-order valence-corrected chi connectivity index (χ4v) is 3.41. The predicted octanol–water partition coefficient (Wildman–Crippen LogP) is 3.42. The number of fused-ring (bicyclic) bond motifs is 1. The van der Waals surface area contributed by atoms with Gasteiger partial charge in [-0.1, -0.05) is 13.8 Å². The van der Waals surface area contributed by atoms with Gasteiger partial charge in [-0.3, -0.25) is 9.79 Å². The fraction of sp³-hybridized carbons (Fsp3) is 0.500. The fourth-order valence-electron chi connectivity index (χ4n) is 3.41. The number of carbonyl (C=O) groups is 1. The lowest BCUT2D eigenvalue weighted by Gasteiger charge is -2.20. The van der Waals surface area contributed by atoms with E-state index in [1.807, 2.05) is 25.7 Å². The molecule has 1 atom stereocenters. The molecule has 0 aliphatic carbocycles. The number of aliphatic imine (C=N–C) groups is 1. The van der Waals surface area contributed by atoms with Gasteiger partial charge in [-0.25, -0.2) is 4.39 Å².